The van der Waals surface area contributed by atoms with Gasteiger partial charge in [-0.05, 0) is 31.2 Å². The first-order valence-electron chi connectivity index (χ1n) is 6.38. The van der Waals surface area contributed by atoms with Crippen molar-refractivity contribution in [2.75, 3.05) is 0 Å². The number of ether oxygens (including phenoxy) is 1. The molecule has 0 N–H and O–H groups in total. The van der Waals surface area contributed by atoms with Gasteiger partial charge in [-0.25, -0.2) is 4.98 Å². The highest BCUT2D eigenvalue weighted by atomic mass is 79.9. The normalized spacial score (nSPS) is 10.1. The Morgan fingerprint density at radius 1 is 1.14 bits per heavy atom. The third kappa shape index (κ3) is 3.46. The molecule has 6 heteroatoms. The van der Waals surface area contributed by atoms with Crippen molar-refractivity contribution < 1.29 is 19.1 Å². The number of halogens is 1. The molecule has 0 amide bonds. The van der Waals surface area contributed by atoms with Gasteiger partial charge in [0.25, 0.3) is 0 Å². The number of pyridine rings is 1. The van der Waals surface area contributed by atoms with E-state index in [0.29, 0.717) is 22.1 Å². The van der Waals surface area contributed by atoms with Crippen molar-refractivity contribution in [1.29, 1.82) is 0 Å². The quantitative estimate of drug-likeness (QED) is 0.597. The minimum absolute atomic E-state index is 0.0673. The molecule has 1 heterocycles. The second kappa shape index (κ2) is 6.62. The van der Waals surface area contributed by atoms with Gasteiger partial charge < -0.3 is 4.74 Å². The summed E-state index contributed by atoms with van der Waals surface area (Å²) in [7, 11) is 0. The van der Waals surface area contributed by atoms with E-state index in [0.717, 1.165) is 0 Å². The van der Waals surface area contributed by atoms with Gasteiger partial charge in [0.15, 0.2) is 17.9 Å². The molecular formula is C16H12BrNO4. The summed E-state index contributed by atoms with van der Waals surface area (Å²) in [4.78, 5) is 38.1. The van der Waals surface area contributed by atoms with E-state index in [-0.39, 0.29) is 28.7 Å². The van der Waals surface area contributed by atoms with Gasteiger partial charge in [-0.2, -0.15) is 0 Å². The lowest BCUT2D eigenvalue weighted by molar-refractivity contribution is 0.0976. The number of aromatic nitrogens is 1. The molecule has 2 rings (SSSR count). The van der Waals surface area contributed by atoms with Crippen LogP contribution in [0.2, 0.25) is 0 Å². The summed E-state index contributed by atoms with van der Waals surface area (Å²) < 4.78 is 6.20. The summed E-state index contributed by atoms with van der Waals surface area (Å²) >= 11 is 3.25. The summed E-state index contributed by atoms with van der Waals surface area (Å²) in [6, 6.07) is 7.89. The van der Waals surface area contributed by atoms with Crippen LogP contribution in [0.4, 0.5) is 0 Å². The number of nitrogens with zero attached hydrogens (tertiary/aromatic N) is 1. The molecular weight excluding hydrogens is 350 g/mol. The fourth-order valence-corrected chi connectivity index (χ4v) is 2.19. The summed E-state index contributed by atoms with van der Waals surface area (Å²) in [5.41, 5.74) is 0.756. The predicted octanol–water partition coefficient (Wildman–Crippen LogP) is 3.85. The fourth-order valence-electron chi connectivity index (χ4n) is 1.85. The Bertz CT molecular complexity index is 771. The highest BCUT2D eigenvalue weighted by Gasteiger charge is 2.15. The average Bonchev–Trinajstić information content (AvgIpc) is 2.48. The van der Waals surface area contributed by atoms with E-state index in [1.165, 1.54) is 26.0 Å². The Morgan fingerprint density at radius 3 is 2.45 bits per heavy atom. The first-order valence-corrected chi connectivity index (χ1v) is 7.17. The van der Waals surface area contributed by atoms with E-state index in [2.05, 4.69) is 20.9 Å². The maximum absolute atomic E-state index is 11.6. The maximum atomic E-state index is 11.6. The van der Waals surface area contributed by atoms with Crippen LogP contribution in [0.25, 0.3) is 0 Å². The highest BCUT2D eigenvalue weighted by molar-refractivity contribution is 9.10. The molecule has 5 nitrogen and oxygen atoms in total. The minimum Gasteiger partial charge on any atom is -0.439 e. The molecule has 22 heavy (non-hydrogen) atoms. The maximum Gasteiger partial charge on any atom is 0.219 e. The van der Waals surface area contributed by atoms with Gasteiger partial charge >= 0.3 is 0 Å². The van der Waals surface area contributed by atoms with E-state index < -0.39 is 0 Å². The van der Waals surface area contributed by atoms with Crippen molar-refractivity contribution >= 4 is 33.8 Å². The van der Waals surface area contributed by atoms with Crippen LogP contribution in [-0.2, 0) is 0 Å². The lowest BCUT2D eigenvalue weighted by Gasteiger charge is -2.09. The van der Waals surface area contributed by atoms with Crippen LogP contribution >= 0.6 is 15.9 Å². The number of Topliss-reactive ketones (excluding diaryl/α,β-unsaturated/α-hetero) is 2. The first kappa shape index (κ1) is 16.0. The van der Waals surface area contributed by atoms with Gasteiger partial charge in [-0.3, -0.25) is 14.4 Å². The SMILES string of the molecule is CC(=O)c1ccc(Oc2ccc(Br)c(C=O)c2)nc1C(C)=O. The molecule has 0 aliphatic rings. The average molecular weight is 362 g/mol. The summed E-state index contributed by atoms with van der Waals surface area (Å²) in [6.07, 6.45) is 0.699. The predicted molar refractivity (Wildman–Crippen MR) is 83.8 cm³/mol. The standard InChI is InChI=1S/C16H12BrNO4/c1-9(20)13-4-6-15(18-16(13)10(2)21)22-12-3-5-14(17)11(7-12)8-19/h3-8H,1-2H3. The summed E-state index contributed by atoms with van der Waals surface area (Å²) in [6.45, 7) is 2.71. The van der Waals surface area contributed by atoms with Gasteiger partial charge in [0.1, 0.15) is 11.4 Å². The number of hydrogen-bond donors (Lipinski definition) is 0. The van der Waals surface area contributed by atoms with E-state index in [4.69, 9.17) is 4.74 Å². The number of carbonyl (C=O) groups is 3. The number of hydrogen-bond acceptors (Lipinski definition) is 5. The Kier molecular flexibility index (Phi) is 4.82. The van der Waals surface area contributed by atoms with E-state index >= 15 is 0 Å². The van der Waals surface area contributed by atoms with Crippen molar-refractivity contribution in [2.24, 2.45) is 0 Å². The minimum atomic E-state index is -0.319. The monoisotopic (exact) mass is 361 g/mol. The zero-order chi connectivity index (χ0) is 16.3. The zero-order valence-corrected chi connectivity index (χ0v) is 13.5. The van der Waals surface area contributed by atoms with Gasteiger partial charge in [0.05, 0.1) is 0 Å². The van der Waals surface area contributed by atoms with Crippen LogP contribution in [0.3, 0.4) is 0 Å². The van der Waals surface area contributed by atoms with Crippen LogP contribution in [0, 0.1) is 0 Å². The molecule has 0 saturated heterocycles. The van der Waals surface area contributed by atoms with E-state index in [9.17, 15) is 14.4 Å². The highest BCUT2D eigenvalue weighted by Crippen LogP contribution is 2.25. The number of benzene rings is 1. The van der Waals surface area contributed by atoms with Crippen LogP contribution in [0.15, 0.2) is 34.8 Å². The van der Waals surface area contributed by atoms with Crippen LogP contribution in [0.5, 0.6) is 11.6 Å². The van der Waals surface area contributed by atoms with Crippen LogP contribution in [-0.4, -0.2) is 22.8 Å². The number of carbonyl (C=O) groups excluding carboxylic acids is 3. The number of rotatable bonds is 5. The zero-order valence-electron chi connectivity index (χ0n) is 11.9. The molecule has 1 aromatic carbocycles. The van der Waals surface area contributed by atoms with Gasteiger partial charge in [0, 0.05) is 28.6 Å². The molecule has 1 aromatic heterocycles. The van der Waals surface area contributed by atoms with Crippen molar-refractivity contribution in [2.45, 2.75) is 13.8 Å². The second-order valence-corrected chi connectivity index (χ2v) is 5.42. The molecule has 0 bridgehead atoms. The van der Waals surface area contributed by atoms with Gasteiger partial charge in [-0.1, -0.05) is 15.9 Å². The smallest absolute Gasteiger partial charge is 0.219 e. The molecule has 0 atom stereocenters. The molecule has 0 unspecified atom stereocenters. The lowest BCUT2D eigenvalue weighted by atomic mass is 10.1. The Labute approximate surface area is 135 Å². The molecule has 0 radical (unpaired) electrons. The Morgan fingerprint density at radius 2 is 1.86 bits per heavy atom. The summed E-state index contributed by atoms with van der Waals surface area (Å²) in [5, 5.41) is 0. The van der Waals surface area contributed by atoms with Crippen molar-refractivity contribution in [3.63, 3.8) is 0 Å². The number of ketones is 2. The van der Waals surface area contributed by atoms with Crippen molar-refractivity contribution in [3.05, 3.63) is 51.6 Å². The largest absolute Gasteiger partial charge is 0.439 e. The van der Waals surface area contributed by atoms with Gasteiger partial charge in [-0.15, -0.1) is 0 Å². The van der Waals surface area contributed by atoms with E-state index in [1.54, 1.807) is 18.2 Å². The Balaban J connectivity index is 2.38. The van der Waals surface area contributed by atoms with Crippen molar-refractivity contribution in [1.82, 2.24) is 4.98 Å². The van der Waals surface area contributed by atoms with Crippen LogP contribution in [0.1, 0.15) is 45.1 Å². The summed E-state index contributed by atoms with van der Waals surface area (Å²) in [5.74, 6) is 0.0217. The molecule has 112 valence electrons. The fraction of sp³-hybridized carbons (Fsp3) is 0.125. The van der Waals surface area contributed by atoms with Gasteiger partial charge in [0.2, 0.25) is 5.88 Å². The second-order valence-electron chi connectivity index (χ2n) is 4.56. The molecule has 0 aliphatic heterocycles. The molecule has 0 aliphatic carbocycles. The van der Waals surface area contributed by atoms with E-state index in [1.807, 2.05) is 0 Å². The number of aldehydes is 1. The third-order valence-corrected chi connectivity index (χ3v) is 3.62. The molecule has 0 fully saturated rings. The molecule has 2 aromatic rings. The first-order chi connectivity index (χ1) is 10.4. The van der Waals surface area contributed by atoms with Crippen LogP contribution < -0.4 is 4.74 Å². The third-order valence-electron chi connectivity index (χ3n) is 2.90. The lowest BCUT2D eigenvalue weighted by Crippen LogP contribution is -2.07. The molecule has 0 spiro atoms. The van der Waals surface area contributed by atoms with Crippen molar-refractivity contribution in [3.8, 4) is 11.6 Å². The Hall–Kier alpha value is -2.34. The topological polar surface area (TPSA) is 73.3 Å². The molecule has 0 saturated carbocycles.